The zero-order valence-electron chi connectivity index (χ0n) is 7.89. The number of hydrogen-bond donors (Lipinski definition) is 1. The third-order valence-electron chi connectivity index (χ3n) is 0.690. The normalized spacial score (nSPS) is 9.55. The topological polar surface area (TPSA) is 52.3 Å². The number of carbonyl (C=O) groups excluding carboxylic acids is 1. The first-order chi connectivity index (χ1) is 4.97. The number of nitrogens with two attached hydrogens (primary N) is 1. The molecule has 0 aromatic carbocycles. The lowest BCUT2D eigenvalue weighted by Gasteiger charge is -2.14. The molecule has 0 aliphatic carbocycles. The van der Waals surface area contributed by atoms with Gasteiger partial charge in [0.2, 0.25) is 0 Å². The molecule has 68 valence electrons. The minimum Gasteiger partial charge on any atom is -0.462 e. The van der Waals surface area contributed by atoms with Crippen molar-refractivity contribution in [3.63, 3.8) is 0 Å². The van der Waals surface area contributed by atoms with Crippen molar-refractivity contribution in [1.29, 1.82) is 0 Å². The molecule has 11 heavy (non-hydrogen) atoms. The van der Waals surface area contributed by atoms with Gasteiger partial charge in [0.25, 0.3) is 6.47 Å². The maximum Gasteiger partial charge on any atom is 0.293 e. The second-order valence-electron chi connectivity index (χ2n) is 3.12. The maximum atomic E-state index is 9.60. The van der Waals surface area contributed by atoms with Crippen LogP contribution in [0.4, 0.5) is 0 Å². The van der Waals surface area contributed by atoms with Gasteiger partial charge in [0.05, 0.1) is 0 Å². The fourth-order valence-electron chi connectivity index (χ4n) is 0.144. The lowest BCUT2D eigenvalue weighted by Crippen LogP contribution is -2.17. The van der Waals surface area contributed by atoms with Gasteiger partial charge in [-0.15, -0.1) is 0 Å². The SMILES string of the molecule is CC(C)(C)OC=O.CCCN. The Morgan fingerprint density at radius 1 is 1.45 bits per heavy atom. The lowest BCUT2D eigenvalue weighted by molar-refractivity contribution is -0.138. The van der Waals surface area contributed by atoms with E-state index in [1.54, 1.807) is 0 Å². The van der Waals surface area contributed by atoms with Crippen molar-refractivity contribution in [2.24, 2.45) is 5.73 Å². The van der Waals surface area contributed by atoms with Crippen molar-refractivity contribution in [1.82, 2.24) is 0 Å². The average molecular weight is 161 g/mol. The molecule has 2 N–H and O–H groups in total. The quantitative estimate of drug-likeness (QED) is 0.621. The molecule has 0 saturated carbocycles. The van der Waals surface area contributed by atoms with Gasteiger partial charge in [0, 0.05) is 0 Å². The van der Waals surface area contributed by atoms with Crippen LogP contribution in [-0.2, 0) is 9.53 Å². The van der Waals surface area contributed by atoms with Crippen LogP contribution in [0.15, 0.2) is 0 Å². The van der Waals surface area contributed by atoms with Gasteiger partial charge in [0.15, 0.2) is 0 Å². The largest absolute Gasteiger partial charge is 0.462 e. The van der Waals surface area contributed by atoms with Crippen molar-refractivity contribution < 1.29 is 9.53 Å². The fourth-order valence-corrected chi connectivity index (χ4v) is 0.144. The molecular formula is C8H19NO2. The van der Waals surface area contributed by atoms with Gasteiger partial charge < -0.3 is 10.5 Å². The summed E-state index contributed by atoms with van der Waals surface area (Å²) in [7, 11) is 0. The van der Waals surface area contributed by atoms with Crippen LogP contribution >= 0.6 is 0 Å². The third-order valence-corrected chi connectivity index (χ3v) is 0.690. The van der Waals surface area contributed by atoms with Crippen molar-refractivity contribution in [3.05, 3.63) is 0 Å². The van der Waals surface area contributed by atoms with E-state index >= 15 is 0 Å². The van der Waals surface area contributed by atoms with E-state index in [2.05, 4.69) is 11.7 Å². The fraction of sp³-hybridized carbons (Fsp3) is 0.875. The average Bonchev–Trinajstić information content (AvgIpc) is 1.86. The van der Waals surface area contributed by atoms with Crippen LogP contribution < -0.4 is 5.73 Å². The Balaban J connectivity index is 0. The summed E-state index contributed by atoms with van der Waals surface area (Å²) in [4.78, 5) is 9.60. The molecule has 0 saturated heterocycles. The second kappa shape index (κ2) is 7.54. The number of rotatable bonds is 2. The van der Waals surface area contributed by atoms with Gasteiger partial charge in [-0.3, -0.25) is 4.79 Å². The predicted molar refractivity (Wildman–Crippen MR) is 46.2 cm³/mol. The number of carbonyl (C=O) groups is 1. The van der Waals surface area contributed by atoms with E-state index in [4.69, 9.17) is 5.73 Å². The molecule has 3 heteroatoms. The molecule has 0 amide bonds. The van der Waals surface area contributed by atoms with E-state index in [1.165, 1.54) is 0 Å². The maximum absolute atomic E-state index is 9.60. The highest BCUT2D eigenvalue weighted by Gasteiger charge is 2.07. The van der Waals surface area contributed by atoms with Crippen LogP contribution in [0.5, 0.6) is 0 Å². The third kappa shape index (κ3) is 26.5. The molecule has 0 bridgehead atoms. The van der Waals surface area contributed by atoms with E-state index in [0.717, 1.165) is 13.0 Å². The highest BCUT2D eigenvalue weighted by atomic mass is 16.5. The minimum atomic E-state index is -0.318. The van der Waals surface area contributed by atoms with Crippen LogP contribution in [0.1, 0.15) is 34.1 Å². The molecule has 0 atom stereocenters. The van der Waals surface area contributed by atoms with Crippen LogP contribution in [0, 0.1) is 0 Å². The summed E-state index contributed by atoms with van der Waals surface area (Å²) < 4.78 is 4.55. The second-order valence-corrected chi connectivity index (χ2v) is 3.12. The summed E-state index contributed by atoms with van der Waals surface area (Å²) in [6.45, 7) is 8.80. The van der Waals surface area contributed by atoms with Gasteiger partial charge in [-0.05, 0) is 33.7 Å². The zero-order chi connectivity index (χ0) is 9.33. The highest BCUT2D eigenvalue weighted by Crippen LogP contribution is 2.02. The molecule has 0 heterocycles. The Hall–Kier alpha value is -0.570. The molecule has 0 aliphatic rings. The summed E-state index contributed by atoms with van der Waals surface area (Å²) in [5.74, 6) is 0. The predicted octanol–water partition coefficient (Wildman–Crippen LogP) is 1.31. The molecule has 0 fully saturated rings. The van der Waals surface area contributed by atoms with Crippen molar-refractivity contribution in [2.45, 2.75) is 39.7 Å². The summed E-state index contributed by atoms with van der Waals surface area (Å²) in [6.07, 6.45) is 1.10. The van der Waals surface area contributed by atoms with Gasteiger partial charge in [0.1, 0.15) is 5.60 Å². The molecule has 0 aromatic heterocycles. The van der Waals surface area contributed by atoms with E-state index in [-0.39, 0.29) is 5.60 Å². The van der Waals surface area contributed by atoms with Crippen LogP contribution in [-0.4, -0.2) is 18.6 Å². The Morgan fingerprint density at radius 3 is 1.82 bits per heavy atom. The summed E-state index contributed by atoms with van der Waals surface area (Å²) in [6, 6.07) is 0. The lowest BCUT2D eigenvalue weighted by atomic mass is 10.2. The molecule has 0 unspecified atom stereocenters. The van der Waals surface area contributed by atoms with E-state index in [1.807, 2.05) is 20.8 Å². The first-order valence-corrected chi connectivity index (χ1v) is 3.79. The Kier molecular flexibility index (Phi) is 8.94. The van der Waals surface area contributed by atoms with E-state index < -0.39 is 0 Å². The van der Waals surface area contributed by atoms with Crippen LogP contribution in [0.25, 0.3) is 0 Å². The van der Waals surface area contributed by atoms with Gasteiger partial charge >= 0.3 is 0 Å². The Labute approximate surface area is 68.9 Å². The van der Waals surface area contributed by atoms with Gasteiger partial charge in [-0.1, -0.05) is 6.92 Å². The van der Waals surface area contributed by atoms with Crippen LogP contribution in [0.3, 0.4) is 0 Å². The molecule has 0 rings (SSSR count). The van der Waals surface area contributed by atoms with Gasteiger partial charge in [-0.2, -0.15) is 0 Å². The summed E-state index contributed by atoms with van der Waals surface area (Å²) >= 11 is 0. The number of hydrogen-bond acceptors (Lipinski definition) is 3. The first-order valence-electron chi connectivity index (χ1n) is 3.79. The molecule has 0 aliphatic heterocycles. The monoisotopic (exact) mass is 161 g/mol. The highest BCUT2D eigenvalue weighted by molar-refractivity contribution is 5.37. The molecule has 3 nitrogen and oxygen atoms in total. The van der Waals surface area contributed by atoms with Crippen molar-refractivity contribution in [3.8, 4) is 0 Å². The van der Waals surface area contributed by atoms with E-state index in [9.17, 15) is 4.79 Å². The van der Waals surface area contributed by atoms with Crippen molar-refractivity contribution in [2.75, 3.05) is 6.54 Å². The molecule has 0 radical (unpaired) electrons. The number of ether oxygens (including phenoxy) is 1. The smallest absolute Gasteiger partial charge is 0.293 e. The van der Waals surface area contributed by atoms with Crippen LogP contribution in [0.2, 0.25) is 0 Å². The summed E-state index contributed by atoms with van der Waals surface area (Å²) in [5.41, 5.74) is 4.71. The Bertz CT molecular complexity index is 84.6. The minimum absolute atomic E-state index is 0.318. The van der Waals surface area contributed by atoms with Crippen molar-refractivity contribution >= 4 is 6.47 Å². The van der Waals surface area contributed by atoms with E-state index in [0.29, 0.717) is 6.47 Å². The van der Waals surface area contributed by atoms with Gasteiger partial charge in [-0.25, -0.2) is 0 Å². The standard InChI is InChI=1S/C5H10O2.C3H9N/c1-5(2,3)7-4-6;1-2-3-4/h4H,1-3H3;2-4H2,1H3. The summed E-state index contributed by atoms with van der Waals surface area (Å²) in [5, 5.41) is 0. The molecule has 0 spiro atoms. The first kappa shape index (κ1) is 13.1. The molecular weight excluding hydrogens is 142 g/mol. The zero-order valence-corrected chi connectivity index (χ0v) is 7.89. The Morgan fingerprint density at radius 2 is 1.82 bits per heavy atom. The molecule has 0 aromatic rings.